The maximum atomic E-state index is 9.69. The van der Waals surface area contributed by atoms with E-state index in [0.717, 1.165) is 11.3 Å². The Morgan fingerprint density at radius 1 is 1.50 bits per heavy atom. The number of hydrogen-bond acceptors (Lipinski definition) is 3. The Kier molecular flexibility index (Phi) is 4.59. The van der Waals surface area contributed by atoms with Crippen LogP contribution in [0.4, 0.5) is 0 Å². The van der Waals surface area contributed by atoms with Gasteiger partial charge in [0, 0.05) is 18.0 Å². The second-order valence-corrected chi connectivity index (χ2v) is 4.65. The lowest BCUT2D eigenvalue weighted by atomic mass is 10.0. The molecular formula is C12H18ClNO2. The fraction of sp³-hybridized carbons (Fsp3) is 0.500. The summed E-state index contributed by atoms with van der Waals surface area (Å²) in [4.78, 5) is 0. The van der Waals surface area contributed by atoms with Crippen LogP contribution >= 0.6 is 11.6 Å². The van der Waals surface area contributed by atoms with E-state index in [1.807, 2.05) is 19.1 Å². The Labute approximate surface area is 101 Å². The number of aliphatic hydroxyl groups is 1. The Morgan fingerprint density at radius 3 is 2.75 bits per heavy atom. The third-order valence-corrected chi connectivity index (χ3v) is 2.71. The van der Waals surface area contributed by atoms with Gasteiger partial charge in [0.2, 0.25) is 0 Å². The van der Waals surface area contributed by atoms with Gasteiger partial charge in [0.25, 0.3) is 0 Å². The van der Waals surface area contributed by atoms with Crippen molar-refractivity contribution in [3.05, 3.63) is 28.8 Å². The van der Waals surface area contributed by atoms with Crippen molar-refractivity contribution < 1.29 is 9.84 Å². The molecule has 0 aliphatic rings. The van der Waals surface area contributed by atoms with E-state index in [0.29, 0.717) is 18.1 Å². The van der Waals surface area contributed by atoms with Crippen molar-refractivity contribution in [3.8, 4) is 5.75 Å². The molecule has 0 amide bonds. The first-order valence-electron chi connectivity index (χ1n) is 5.26. The van der Waals surface area contributed by atoms with Gasteiger partial charge in [0.15, 0.2) is 0 Å². The van der Waals surface area contributed by atoms with E-state index in [4.69, 9.17) is 22.1 Å². The first kappa shape index (κ1) is 13.3. The van der Waals surface area contributed by atoms with Gasteiger partial charge in [-0.3, -0.25) is 0 Å². The largest absolute Gasteiger partial charge is 0.493 e. The Hall–Kier alpha value is -0.770. The molecule has 0 aromatic heterocycles. The highest BCUT2D eigenvalue weighted by Crippen LogP contribution is 2.22. The lowest BCUT2D eigenvalue weighted by molar-refractivity contribution is 0.0452. The average molecular weight is 244 g/mol. The molecule has 0 saturated carbocycles. The highest BCUT2D eigenvalue weighted by Gasteiger charge is 2.17. The monoisotopic (exact) mass is 243 g/mol. The molecule has 0 aliphatic carbocycles. The predicted octanol–water partition coefficient (Wildman–Crippen LogP) is 2.13. The zero-order chi connectivity index (χ0) is 12.2. The minimum Gasteiger partial charge on any atom is -0.493 e. The van der Waals surface area contributed by atoms with Crippen molar-refractivity contribution >= 4 is 11.6 Å². The molecule has 0 saturated heterocycles. The first-order chi connectivity index (χ1) is 7.44. The third kappa shape index (κ3) is 4.00. The Bertz CT molecular complexity index is 353. The quantitative estimate of drug-likeness (QED) is 0.833. The predicted molar refractivity (Wildman–Crippen MR) is 66.0 cm³/mol. The number of ether oxygens (including phenoxy) is 1. The Morgan fingerprint density at radius 2 is 2.19 bits per heavy atom. The van der Waals surface area contributed by atoms with E-state index in [1.165, 1.54) is 0 Å². The van der Waals surface area contributed by atoms with Crippen molar-refractivity contribution in [2.45, 2.75) is 25.9 Å². The van der Waals surface area contributed by atoms with Gasteiger partial charge in [0.1, 0.15) is 5.75 Å². The minimum absolute atomic E-state index is 0.232. The summed E-state index contributed by atoms with van der Waals surface area (Å²) in [6.07, 6.45) is 0.506. The zero-order valence-electron chi connectivity index (χ0n) is 9.66. The zero-order valence-corrected chi connectivity index (χ0v) is 10.4. The molecule has 90 valence electrons. The van der Waals surface area contributed by atoms with Gasteiger partial charge in [-0.15, -0.1) is 0 Å². The smallest absolute Gasteiger partial charge is 0.122 e. The normalized spacial score (nSPS) is 14.6. The summed E-state index contributed by atoms with van der Waals surface area (Å²) in [6, 6.07) is 5.46. The van der Waals surface area contributed by atoms with Crippen LogP contribution in [0.2, 0.25) is 5.02 Å². The molecule has 0 fully saturated rings. The fourth-order valence-corrected chi connectivity index (χ4v) is 1.48. The van der Waals surface area contributed by atoms with Gasteiger partial charge in [-0.2, -0.15) is 0 Å². The van der Waals surface area contributed by atoms with E-state index in [2.05, 4.69) is 0 Å². The summed E-state index contributed by atoms with van der Waals surface area (Å²) in [5.41, 5.74) is 5.54. The van der Waals surface area contributed by atoms with Crippen LogP contribution in [0, 0.1) is 6.92 Å². The van der Waals surface area contributed by atoms with Gasteiger partial charge < -0.3 is 15.6 Å². The second-order valence-electron chi connectivity index (χ2n) is 4.21. The lowest BCUT2D eigenvalue weighted by Crippen LogP contribution is -2.35. The molecule has 0 bridgehead atoms. The van der Waals surface area contributed by atoms with Crippen LogP contribution in [-0.4, -0.2) is 23.9 Å². The van der Waals surface area contributed by atoms with Crippen LogP contribution < -0.4 is 10.5 Å². The molecule has 0 spiro atoms. The number of hydrogen-bond donors (Lipinski definition) is 2. The molecule has 0 aliphatic heterocycles. The maximum Gasteiger partial charge on any atom is 0.122 e. The molecule has 0 radical (unpaired) electrons. The topological polar surface area (TPSA) is 55.5 Å². The lowest BCUT2D eigenvalue weighted by Gasteiger charge is -2.21. The summed E-state index contributed by atoms with van der Waals surface area (Å²) in [5.74, 6) is 0.789. The standard InChI is InChI=1S/C12H18ClNO2/c1-9-7-10(13)3-4-11(9)16-6-5-12(2,15)8-14/h3-4,7,15H,5-6,8,14H2,1-2H3. The summed E-state index contributed by atoms with van der Waals surface area (Å²) in [5, 5.41) is 10.4. The van der Waals surface area contributed by atoms with E-state index in [1.54, 1.807) is 13.0 Å². The molecule has 0 heterocycles. The Balaban J connectivity index is 2.49. The molecule has 16 heavy (non-hydrogen) atoms. The van der Waals surface area contributed by atoms with Gasteiger partial charge in [-0.05, 0) is 37.6 Å². The van der Waals surface area contributed by atoms with Crippen molar-refractivity contribution in [1.82, 2.24) is 0 Å². The van der Waals surface area contributed by atoms with E-state index in [-0.39, 0.29) is 6.54 Å². The number of nitrogens with two attached hydrogens (primary N) is 1. The van der Waals surface area contributed by atoms with Gasteiger partial charge in [-0.25, -0.2) is 0 Å². The van der Waals surface area contributed by atoms with Crippen LogP contribution in [0.15, 0.2) is 18.2 Å². The van der Waals surface area contributed by atoms with Crippen LogP contribution in [0.3, 0.4) is 0 Å². The van der Waals surface area contributed by atoms with E-state index >= 15 is 0 Å². The highest BCUT2D eigenvalue weighted by atomic mass is 35.5. The molecule has 1 rings (SSSR count). The molecule has 1 aromatic carbocycles. The molecule has 3 nitrogen and oxygen atoms in total. The summed E-state index contributed by atoms with van der Waals surface area (Å²) >= 11 is 5.83. The van der Waals surface area contributed by atoms with Crippen LogP contribution in [0.1, 0.15) is 18.9 Å². The SMILES string of the molecule is Cc1cc(Cl)ccc1OCCC(C)(O)CN. The third-order valence-electron chi connectivity index (χ3n) is 2.47. The van der Waals surface area contributed by atoms with Gasteiger partial charge >= 0.3 is 0 Å². The van der Waals surface area contributed by atoms with Crippen molar-refractivity contribution in [1.29, 1.82) is 0 Å². The average Bonchev–Trinajstić information content (AvgIpc) is 2.21. The molecule has 1 aromatic rings. The molecule has 4 heteroatoms. The fourth-order valence-electron chi connectivity index (χ4n) is 1.26. The summed E-state index contributed by atoms with van der Waals surface area (Å²) in [6.45, 7) is 4.30. The molecule has 1 atom stereocenters. The number of rotatable bonds is 5. The number of halogens is 1. The number of aryl methyl sites for hydroxylation is 1. The first-order valence-corrected chi connectivity index (χ1v) is 5.64. The second kappa shape index (κ2) is 5.53. The number of benzene rings is 1. The van der Waals surface area contributed by atoms with Crippen molar-refractivity contribution in [2.75, 3.05) is 13.2 Å². The van der Waals surface area contributed by atoms with E-state index in [9.17, 15) is 5.11 Å². The summed E-state index contributed by atoms with van der Waals surface area (Å²) in [7, 11) is 0. The van der Waals surface area contributed by atoms with Gasteiger partial charge in [-0.1, -0.05) is 11.6 Å². The van der Waals surface area contributed by atoms with E-state index < -0.39 is 5.60 Å². The van der Waals surface area contributed by atoms with Crippen LogP contribution in [0.25, 0.3) is 0 Å². The highest BCUT2D eigenvalue weighted by molar-refractivity contribution is 6.30. The van der Waals surface area contributed by atoms with Crippen LogP contribution in [0.5, 0.6) is 5.75 Å². The molecule has 3 N–H and O–H groups in total. The summed E-state index contributed by atoms with van der Waals surface area (Å²) < 4.78 is 5.56. The van der Waals surface area contributed by atoms with Gasteiger partial charge in [0.05, 0.1) is 12.2 Å². The molecular weight excluding hydrogens is 226 g/mol. The van der Waals surface area contributed by atoms with Crippen molar-refractivity contribution in [3.63, 3.8) is 0 Å². The maximum absolute atomic E-state index is 9.69. The van der Waals surface area contributed by atoms with Crippen molar-refractivity contribution in [2.24, 2.45) is 5.73 Å². The minimum atomic E-state index is -0.861. The van der Waals surface area contributed by atoms with Crippen LogP contribution in [-0.2, 0) is 0 Å². The molecule has 1 unspecified atom stereocenters.